The molecule has 0 saturated carbocycles. The molecular formula is C17H22N4. The Morgan fingerprint density at radius 1 is 0.952 bits per heavy atom. The fourth-order valence-electron chi connectivity index (χ4n) is 2.87. The number of benzene rings is 1. The molecule has 110 valence electrons. The van der Waals surface area contributed by atoms with E-state index in [0.717, 1.165) is 31.9 Å². The predicted molar refractivity (Wildman–Crippen MR) is 89.0 cm³/mol. The Kier molecular flexibility index (Phi) is 3.69. The van der Waals surface area contributed by atoms with Crippen molar-refractivity contribution in [3.8, 4) is 0 Å². The predicted octanol–water partition coefficient (Wildman–Crippen LogP) is 2.61. The first-order valence-corrected chi connectivity index (χ1v) is 7.43. The van der Waals surface area contributed by atoms with Crippen molar-refractivity contribution in [1.82, 2.24) is 4.98 Å². The monoisotopic (exact) mass is 282 g/mol. The van der Waals surface area contributed by atoms with E-state index in [-0.39, 0.29) is 0 Å². The zero-order valence-corrected chi connectivity index (χ0v) is 12.7. The quantitative estimate of drug-likeness (QED) is 0.919. The Labute approximate surface area is 126 Å². The van der Waals surface area contributed by atoms with Crippen LogP contribution in [0.25, 0.3) is 0 Å². The van der Waals surface area contributed by atoms with Crippen molar-refractivity contribution in [3.05, 3.63) is 47.7 Å². The fourth-order valence-corrected chi connectivity index (χ4v) is 2.87. The van der Waals surface area contributed by atoms with Crippen LogP contribution in [0.1, 0.15) is 11.1 Å². The molecule has 0 spiro atoms. The molecule has 1 aliphatic rings. The molecule has 3 rings (SSSR count). The summed E-state index contributed by atoms with van der Waals surface area (Å²) in [5, 5.41) is 0. The van der Waals surface area contributed by atoms with Gasteiger partial charge in [-0.05, 0) is 43.2 Å². The summed E-state index contributed by atoms with van der Waals surface area (Å²) < 4.78 is 0. The zero-order valence-electron chi connectivity index (χ0n) is 12.7. The number of pyridine rings is 1. The summed E-state index contributed by atoms with van der Waals surface area (Å²) in [5.41, 5.74) is 10.9. The van der Waals surface area contributed by atoms with Crippen molar-refractivity contribution >= 4 is 17.2 Å². The van der Waals surface area contributed by atoms with Crippen LogP contribution in [0.4, 0.5) is 17.2 Å². The minimum Gasteiger partial charge on any atom is -0.384 e. The molecule has 0 unspecified atom stereocenters. The molecule has 1 aromatic heterocycles. The first kappa shape index (κ1) is 13.7. The second kappa shape index (κ2) is 5.64. The van der Waals surface area contributed by atoms with Crippen LogP contribution >= 0.6 is 0 Å². The van der Waals surface area contributed by atoms with Crippen LogP contribution < -0.4 is 15.5 Å². The lowest BCUT2D eigenvalue weighted by Crippen LogP contribution is -2.46. The molecule has 0 atom stereocenters. The zero-order chi connectivity index (χ0) is 14.8. The van der Waals surface area contributed by atoms with Crippen LogP contribution in [-0.2, 0) is 0 Å². The van der Waals surface area contributed by atoms with Gasteiger partial charge in [-0.15, -0.1) is 0 Å². The van der Waals surface area contributed by atoms with Crippen molar-refractivity contribution < 1.29 is 0 Å². The van der Waals surface area contributed by atoms with Gasteiger partial charge >= 0.3 is 0 Å². The number of hydrogen-bond acceptors (Lipinski definition) is 4. The van der Waals surface area contributed by atoms with Gasteiger partial charge in [-0.3, -0.25) is 0 Å². The van der Waals surface area contributed by atoms with Crippen molar-refractivity contribution in [3.63, 3.8) is 0 Å². The highest BCUT2D eigenvalue weighted by molar-refractivity contribution is 5.58. The first-order chi connectivity index (χ1) is 10.1. The third-order valence-electron chi connectivity index (χ3n) is 4.33. The molecule has 2 aromatic rings. The number of rotatable bonds is 2. The summed E-state index contributed by atoms with van der Waals surface area (Å²) in [5.74, 6) is 0.577. The van der Waals surface area contributed by atoms with Crippen LogP contribution in [0, 0.1) is 13.8 Å². The first-order valence-electron chi connectivity index (χ1n) is 7.43. The smallest absolute Gasteiger partial charge is 0.123 e. The van der Waals surface area contributed by atoms with Gasteiger partial charge in [0.2, 0.25) is 0 Å². The second-order valence-corrected chi connectivity index (χ2v) is 5.63. The molecule has 4 heteroatoms. The summed E-state index contributed by atoms with van der Waals surface area (Å²) in [6.07, 6.45) is 1.86. The minimum absolute atomic E-state index is 0.577. The van der Waals surface area contributed by atoms with E-state index in [9.17, 15) is 0 Å². The summed E-state index contributed by atoms with van der Waals surface area (Å²) >= 11 is 0. The molecule has 0 radical (unpaired) electrons. The lowest BCUT2D eigenvalue weighted by atomic mass is 10.1. The molecule has 0 amide bonds. The van der Waals surface area contributed by atoms with E-state index in [2.05, 4.69) is 52.9 Å². The van der Waals surface area contributed by atoms with Gasteiger partial charge in [0.25, 0.3) is 0 Å². The van der Waals surface area contributed by atoms with Crippen molar-refractivity contribution in [2.75, 3.05) is 41.7 Å². The number of hydrogen-bond donors (Lipinski definition) is 1. The van der Waals surface area contributed by atoms with Crippen LogP contribution in [0.15, 0.2) is 36.5 Å². The minimum atomic E-state index is 0.577. The highest BCUT2D eigenvalue weighted by Crippen LogP contribution is 2.25. The van der Waals surface area contributed by atoms with Gasteiger partial charge in [-0.2, -0.15) is 0 Å². The van der Waals surface area contributed by atoms with Crippen LogP contribution in [0.5, 0.6) is 0 Å². The van der Waals surface area contributed by atoms with Crippen LogP contribution in [0.3, 0.4) is 0 Å². The van der Waals surface area contributed by atoms with E-state index in [1.807, 2.05) is 12.3 Å². The van der Waals surface area contributed by atoms with Gasteiger partial charge in [0.15, 0.2) is 0 Å². The topological polar surface area (TPSA) is 45.4 Å². The summed E-state index contributed by atoms with van der Waals surface area (Å²) in [7, 11) is 0. The molecule has 0 aliphatic carbocycles. The molecule has 1 aliphatic heterocycles. The molecule has 21 heavy (non-hydrogen) atoms. The maximum absolute atomic E-state index is 5.65. The lowest BCUT2D eigenvalue weighted by Gasteiger charge is -2.38. The van der Waals surface area contributed by atoms with Gasteiger partial charge in [-0.25, -0.2) is 4.98 Å². The second-order valence-electron chi connectivity index (χ2n) is 5.63. The van der Waals surface area contributed by atoms with Gasteiger partial charge in [0, 0.05) is 31.9 Å². The number of piperazine rings is 1. The molecule has 1 aromatic carbocycles. The Hall–Kier alpha value is -2.23. The Morgan fingerprint density at radius 2 is 1.67 bits per heavy atom. The van der Waals surface area contributed by atoms with E-state index < -0.39 is 0 Å². The van der Waals surface area contributed by atoms with Crippen molar-refractivity contribution in [2.24, 2.45) is 0 Å². The average Bonchev–Trinajstić information content (AvgIpc) is 2.51. The Bertz CT molecular complexity index is 613. The lowest BCUT2D eigenvalue weighted by molar-refractivity contribution is 0.651. The van der Waals surface area contributed by atoms with E-state index >= 15 is 0 Å². The third-order valence-corrected chi connectivity index (χ3v) is 4.33. The SMILES string of the molecule is Cc1cccc(N2CCN(c3ccc(N)nc3)CC2)c1C. The molecule has 4 nitrogen and oxygen atoms in total. The molecule has 1 saturated heterocycles. The summed E-state index contributed by atoms with van der Waals surface area (Å²) in [6.45, 7) is 8.48. The number of aromatic nitrogens is 1. The Morgan fingerprint density at radius 3 is 2.33 bits per heavy atom. The molecule has 0 bridgehead atoms. The standard InChI is InChI=1S/C17H22N4/c1-13-4-3-5-16(14(13)2)21-10-8-20(9-11-21)15-6-7-17(18)19-12-15/h3-7,12H,8-11H2,1-2H3,(H2,18,19). The number of aryl methyl sites for hydroxylation is 1. The number of nitrogen functional groups attached to an aromatic ring is 1. The van der Waals surface area contributed by atoms with Gasteiger partial charge in [0.1, 0.15) is 5.82 Å². The van der Waals surface area contributed by atoms with Gasteiger partial charge in [0.05, 0.1) is 11.9 Å². The van der Waals surface area contributed by atoms with Crippen LogP contribution in [-0.4, -0.2) is 31.2 Å². The largest absolute Gasteiger partial charge is 0.384 e. The molecule has 1 fully saturated rings. The molecule has 2 N–H and O–H groups in total. The van der Waals surface area contributed by atoms with E-state index in [1.165, 1.54) is 16.8 Å². The highest BCUT2D eigenvalue weighted by Gasteiger charge is 2.19. The highest BCUT2D eigenvalue weighted by atomic mass is 15.3. The summed E-state index contributed by atoms with van der Waals surface area (Å²) in [4.78, 5) is 9.02. The number of nitrogens with two attached hydrogens (primary N) is 1. The summed E-state index contributed by atoms with van der Waals surface area (Å²) in [6, 6.07) is 10.5. The van der Waals surface area contributed by atoms with E-state index in [0.29, 0.717) is 5.82 Å². The number of nitrogens with zero attached hydrogens (tertiary/aromatic N) is 3. The third kappa shape index (κ3) is 2.79. The maximum Gasteiger partial charge on any atom is 0.123 e. The Balaban J connectivity index is 1.70. The fraction of sp³-hybridized carbons (Fsp3) is 0.353. The average molecular weight is 282 g/mol. The van der Waals surface area contributed by atoms with Crippen molar-refractivity contribution in [1.29, 1.82) is 0 Å². The van der Waals surface area contributed by atoms with Crippen molar-refractivity contribution in [2.45, 2.75) is 13.8 Å². The molecule has 2 heterocycles. The normalized spacial score (nSPS) is 15.3. The molecular weight excluding hydrogens is 260 g/mol. The van der Waals surface area contributed by atoms with Gasteiger partial charge < -0.3 is 15.5 Å². The van der Waals surface area contributed by atoms with E-state index in [1.54, 1.807) is 0 Å². The maximum atomic E-state index is 5.65. The van der Waals surface area contributed by atoms with E-state index in [4.69, 9.17) is 5.73 Å². The number of anilines is 3. The van der Waals surface area contributed by atoms with Crippen LogP contribution in [0.2, 0.25) is 0 Å². The van der Waals surface area contributed by atoms with Gasteiger partial charge in [-0.1, -0.05) is 12.1 Å².